The summed E-state index contributed by atoms with van der Waals surface area (Å²) in [5.41, 5.74) is 6.18. The summed E-state index contributed by atoms with van der Waals surface area (Å²) >= 11 is 1.34. The van der Waals surface area contributed by atoms with E-state index in [0.717, 1.165) is 44.6 Å². The molecule has 2 aliphatic rings. The Balaban J connectivity index is 1.49. The molecule has 3 aromatic rings. The van der Waals surface area contributed by atoms with Crippen LogP contribution < -0.4 is 4.74 Å². The summed E-state index contributed by atoms with van der Waals surface area (Å²) in [7, 11) is 1.66. The minimum absolute atomic E-state index is 0.0356. The predicted octanol–water partition coefficient (Wildman–Crippen LogP) is 5.27. The summed E-state index contributed by atoms with van der Waals surface area (Å²) in [5.74, 6) is 0.373. The summed E-state index contributed by atoms with van der Waals surface area (Å²) in [4.78, 5) is 17.2. The van der Waals surface area contributed by atoms with E-state index in [2.05, 4.69) is 20.7 Å². The molecular formula is C27H25N5O2S. The van der Waals surface area contributed by atoms with Crippen molar-refractivity contribution in [1.29, 1.82) is 5.41 Å². The highest BCUT2D eigenvalue weighted by atomic mass is 32.2. The van der Waals surface area contributed by atoms with Crippen molar-refractivity contribution in [2.24, 2.45) is 10.1 Å². The number of methoxy groups -OCH3 is 1. The van der Waals surface area contributed by atoms with Crippen LogP contribution in [0.2, 0.25) is 0 Å². The van der Waals surface area contributed by atoms with Gasteiger partial charge in [-0.25, -0.2) is 0 Å². The number of aryl methyl sites for hydroxylation is 2. The Morgan fingerprint density at radius 1 is 1.09 bits per heavy atom. The highest BCUT2D eigenvalue weighted by Gasteiger charge is 2.35. The Kier molecular flexibility index (Phi) is 5.90. The second-order valence-electron chi connectivity index (χ2n) is 8.51. The first-order chi connectivity index (χ1) is 16.9. The molecule has 0 unspecified atom stereocenters. The Morgan fingerprint density at radius 2 is 1.86 bits per heavy atom. The number of nitrogens with one attached hydrogen (secondary N) is 1. The third-order valence-corrected chi connectivity index (χ3v) is 6.95. The number of hydrogen-bond donors (Lipinski definition) is 1. The number of ether oxygens (including phenoxy) is 1. The maximum atomic E-state index is 12.9. The molecule has 1 amide bonds. The first-order valence-corrected chi connectivity index (χ1v) is 12.0. The van der Waals surface area contributed by atoms with Crippen LogP contribution in [0, 0.1) is 26.2 Å². The standard InChI is InChI=1S/C27H25N5O2S/c1-16-10-11-23(34-4)22(12-16)31-17(2)13-20(18(31)3)15-21-25(28)32-27(29-26(21)33)35-24(30-32)14-19-8-6-5-7-9-19/h5-13,15,28H,14H2,1-4H3. The van der Waals surface area contributed by atoms with E-state index in [0.29, 0.717) is 11.6 Å². The number of hydrazone groups is 1. The molecule has 2 aromatic carbocycles. The summed E-state index contributed by atoms with van der Waals surface area (Å²) in [6, 6.07) is 18.0. The van der Waals surface area contributed by atoms with Gasteiger partial charge in [-0.15, -0.1) is 0 Å². The van der Waals surface area contributed by atoms with Crippen molar-refractivity contribution in [1.82, 2.24) is 9.58 Å². The lowest BCUT2D eigenvalue weighted by molar-refractivity contribution is -0.114. The number of thioether (sulfide) groups is 1. The van der Waals surface area contributed by atoms with Crippen LogP contribution in [-0.2, 0) is 11.2 Å². The highest BCUT2D eigenvalue weighted by Crippen LogP contribution is 2.32. The van der Waals surface area contributed by atoms with Crippen molar-refractivity contribution in [3.8, 4) is 11.4 Å². The maximum absolute atomic E-state index is 12.9. The molecule has 0 saturated carbocycles. The lowest BCUT2D eigenvalue weighted by Gasteiger charge is -2.20. The molecular weight excluding hydrogens is 458 g/mol. The molecule has 0 fully saturated rings. The van der Waals surface area contributed by atoms with E-state index in [1.807, 2.05) is 69.3 Å². The van der Waals surface area contributed by atoms with Gasteiger partial charge in [0.1, 0.15) is 10.8 Å². The number of fused-ring (bicyclic) bond motifs is 1. The summed E-state index contributed by atoms with van der Waals surface area (Å²) in [6.45, 7) is 6.05. The van der Waals surface area contributed by atoms with Crippen LogP contribution in [0.15, 0.2) is 70.3 Å². The fourth-order valence-corrected chi connectivity index (χ4v) is 5.23. The number of rotatable bonds is 5. The van der Waals surface area contributed by atoms with Crippen molar-refractivity contribution in [2.75, 3.05) is 7.11 Å². The molecule has 0 atom stereocenters. The van der Waals surface area contributed by atoms with Crippen molar-refractivity contribution in [3.05, 3.63) is 88.2 Å². The van der Waals surface area contributed by atoms with E-state index in [9.17, 15) is 4.79 Å². The molecule has 3 heterocycles. The normalized spacial score (nSPS) is 16.5. The fraction of sp³-hybridized carbons (Fsp3) is 0.185. The third-order valence-electron chi connectivity index (χ3n) is 6.04. The lowest BCUT2D eigenvalue weighted by atomic mass is 10.1. The van der Waals surface area contributed by atoms with E-state index in [1.165, 1.54) is 16.8 Å². The van der Waals surface area contributed by atoms with Gasteiger partial charge in [-0.1, -0.05) is 36.4 Å². The molecule has 0 aliphatic carbocycles. The molecule has 1 aromatic heterocycles. The van der Waals surface area contributed by atoms with Gasteiger partial charge >= 0.3 is 0 Å². The number of benzene rings is 2. The minimum Gasteiger partial charge on any atom is -0.495 e. The smallest absolute Gasteiger partial charge is 0.283 e. The third kappa shape index (κ3) is 4.21. The van der Waals surface area contributed by atoms with Gasteiger partial charge in [-0.05, 0) is 73.5 Å². The van der Waals surface area contributed by atoms with Crippen LogP contribution in [0.1, 0.15) is 28.1 Å². The van der Waals surface area contributed by atoms with Gasteiger partial charge in [0.25, 0.3) is 5.91 Å². The number of nitrogens with zero attached hydrogens (tertiary/aromatic N) is 4. The monoisotopic (exact) mass is 483 g/mol. The number of carbonyl (C=O) groups is 1. The number of hydrogen-bond acceptors (Lipinski definition) is 5. The van der Waals surface area contributed by atoms with E-state index >= 15 is 0 Å². The average molecular weight is 484 g/mol. The van der Waals surface area contributed by atoms with Gasteiger partial charge in [0.2, 0.25) is 5.17 Å². The zero-order chi connectivity index (χ0) is 24.7. The van der Waals surface area contributed by atoms with Crippen molar-refractivity contribution in [3.63, 3.8) is 0 Å². The number of aromatic nitrogens is 1. The second kappa shape index (κ2) is 9.03. The van der Waals surface area contributed by atoms with Gasteiger partial charge < -0.3 is 9.30 Å². The number of aliphatic imine (C=N–C) groups is 1. The molecule has 176 valence electrons. The molecule has 5 rings (SSSR count). The Hall–Kier alpha value is -3.91. The summed E-state index contributed by atoms with van der Waals surface area (Å²) in [5, 5.41) is 16.0. The summed E-state index contributed by atoms with van der Waals surface area (Å²) < 4.78 is 7.69. The molecule has 7 nitrogen and oxygen atoms in total. The number of amidine groups is 2. The quantitative estimate of drug-likeness (QED) is 0.501. The zero-order valence-electron chi connectivity index (χ0n) is 20.0. The Labute approximate surface area is 208 Å². The fourth-order valence-electron chi connectivity index (χ4n) is 4.31. The van der Waals surface area contributed by atoms with Gasteiger partial charge in [0.15, 0.2) is 5.84 Å². The van der Waals surface area contributed by atoms with E-state index < -0.39 is 5.91 Å². The Bertz CT molecular complexity index is 1450. The molecule has 0 bridgehead atoms. The van der Waals surface area contributed by atoms with Gasteiger partial charge in [0, 0.05) is 17.8 Å². The molecule has 0 radical (unpaired) electrons. The van der Waals surface area contributed by atoms with Crippen molar-refractivity contribution >= 4 is 39.8 Å². The molecule has 2 aliphatic heterocycles. The lowest BCUT2D eigenvalue weighted by Crippen LogP contribution is -2.35. The van der Waals surface area contributed by atoms with Gasteiger partial charge in [0.05, 0.1) is 18.4 Å². The largest absolute Gasteiger partial charge is 0.495 e. The number of amides is 1. The molecule has 0 spiro atoms. The minimum atomic E-state index is -0.428. The van der Waals surface area contributed by atoms with Crippen molar-refractivity contribution < 1.29 is 9.53 Å². The van der Waals surface area contributed by atoms with Gasteiger partial charge in [-0.2, -0.15) is 15.1 Å². The van der Waals surface area contributed by atoms with Crippen LogP contribution in [-0.4, -0.2) is 38.6 Å². The average Bonchev–Trinajstić information content (AvgIpc) is 3.36. The first kappa shape index (κ1) is 22.9. The summed E-state index contributed by atoms with van der Waals surface area (Å²) in [6.07, 6.45) is 2.36. The van der Waals surface area contributed by atoms with Crippen molar-refractivity contribution in [2.45, 2.75) is 27.2 Å². The van der Waals surface area contributed by atoms with Crippen LogP contribution in [0.3, 0.4) is 0 Å². The van der Waals surface area contributed by atoms with Crippen LogP contribution in [0.25, 0.3) is 11.8 Å². The zero-order valence-corrected chi connectivity index (χ0v) is 20.8. The molecule has 1 N–H and O–H groups in total. The van der Waals surface area contributed by atoms with Crippen LogP contribution in [0.4, 0.5) is 0 Å². The van der Waals surface area contributed by atoms with E-state index in [4.69, 9.17) is 10.1 Å². The maximum Gasteiger partial charge on any atom is 0.283 e. The van der Waals surface area contributed by atoms with Crippen LogP contribution >= 0.6 is 11.8 Å². The number of carbonyl (C=O) groups excluding carboxylic acids is 1. The SMILES string of the molecule is COc1ccc(C)cc1-n1c(C)cc(C=C2C(=N)N3N=C(Cc4ccccc4)SC3=NC2=O)c1C. The Morgan fingerprint density at radius 3 is 2.60 bits per heavy atom. The molecule has 0 saturated heterocycles. The molecule has 8 heteroatoms. The van der Waals surface area contributed by atoms with Crippen LogP contribution in [0.5, 0.6) is 5.75 Å². The first-order valence-electron chi connectivity index (χ1n) is 11.2. The topological polar surface area (TPSA) is 83.0 Å². The predicted molar refractivity (Wildman–Crippen MR) is 142 cm³/mol. The van der Waals surface area contributed by atoms with E-state index in [1.54, 1.807) is 13.2 Å². The highest BCUT2D eigenvalue weighted by molar-refractivity contribution is 8.26. The second-order valence-corrected chi connectivity index (χ2v) is 9.55. The van der Waals surface area contributed by atoms with E-state index in [-0.39, 0.29) is 11.4 Å². The van der Waals surface area contributed by atoms with Gasteiger partial charge in [-0.3, -0.25) is 10.2 Å². The molecule has 35 heavy (non-hydrogen) atoms.